The molecule has 78 valence electrons. The van der Waals surface area contributed by atoms with Crippen LogP contribution in [0.3, 0.4) is 0 Å². The molecule has 4 heteroatoms. The summed E-state index contributed by atoms with van der Waals surface area (Å²) in [6.07, 6.45) is 0.945. The first-order chi connectivity index (χ1) is 5.62. The average Bonchev–Trinajstić information content (AvgIpc) is 1.78. The monoisotopic (exact) mass is 187 g/mol. The fourth-order valence-corrected chi connectivity index (χ4v) is 1.60. The molecule has 0 fully saturated rings. The second kappa shape index (κ2) is 3.96. The molecule has 0 saturated heterocycles. The van der Waals surface area contributed by atoms with E-state index in [9.17, 15) is 4.79 Å². The summed E-state index contributed by atoms with van der Waals surface area (Å²) >= 11 is 0. The first kappa shape index (κ1) is 12.2. The molecule has 0 aliphatic rings. The van der Waals surface area contributed by atoms with Crippen LogP contribution in [0.1, 0.15) is 41.0 Å². The van der Waals surface area contributed by atoms with E-state index in [0.717, 1.165) is 6.42 Å². The summed E-state index contributed by atoms with van der Waals surface area (Å²) in [6, 6.07) is -0.554. The summed E-state index contributed by atoms with van der Waals surface area (Å²) in [5.41, 5.74) is 10.3. The first-order valence-electron chi connectivity index (χ1n) is 4.45. The predicted octanol–water partition coefficient (Wildman–Crippen LogP) is 1.37. The highest BCUT2D eigenvalue weighted by Crippen LogP contribution is 2.26. The highest BCUT2D eigenvalue weighted by Gasteiger charge is 2.25. The van der Waals surface area contributed by atoms with Gasteiger partial charge in [0.2, 0.25) is 0 Å². The SMILES string of the molecule is CC(C)(C)CC(C)(C)NNC(N)=O. The average molecular weight is 187 g/mol. The smallest absolute Gasteiger partial charge is 0.326 e. The Hall–Kier alpha value is -0.770. The van der Waals surface area contributed by atoms with Crippen molar-refractivity contribution in [3.05, 3.63) is 0 Å². The second-order valence-corrected chi connectivity index (χ2v) is 5.24. The van der Waals surface area contributed by atoms with E-state index in [0.29, 0.717) is 0 Å². The van der Waals surface area contributed by atoms with Crippen LogP contribution in [0.2, 0.25) is 0 Å². The van der Waals surface area contributed by atoms with E-state index in [4.69, 9.17) is 5.73 Å². The van der Waals surface area contributed by atoms with Gasteiger partial charge in [0.1, 0.15) is 0 Å². The Bertz CT molecular complexity index is 182. The van der Waals surface area contributed by atoms with Gasteiger partial charge in [0.15, 0.2) is 0 Å². The van der Waals surface area contributed by atoms with Gasteiger partial charge in [0.05, 0.1) is 0 Å². The van der Waals surface area contributed by atoms with E-state index < -0.39 is 6.03 Å². The molecule has 0 aromatic rings. The minimum absolute atomic E-state index is 0.146. The first-order valence-corrected chi connectivity index (χ1v) is 4.45. The van der Waals surface area contributed by atoms with Crippen molar-refractivity contribution in [2.45, 2.75) is 46.6 Å². The zero-order valence-electron chi connectivity index (χ0n) is 9.19. The zero-order chi connectivity index (χ0) is 10.7. The quantitative estimate of drug-likeness (QED) is 0.584. The molecule has 0 radical (unpaired) electrons. The molecule has 0 rings (SSSR count). The maximum atomic E-state index is 10.5. The molecule has 0 aromatic carbocycles. The standard InChI is InChI=1S/C9H21N3O/c1-8(2,3)6-9(4,5)12-11-7(10)13/h12H,6H2,1-5H3,(H3,10,11,13). The lowest BCUT2D eigenvalue weighted by Gasteiger charge is -2.33. The summed E-state index contributed by atoms with van der Waals surface area (Å²) in [6.45, 7) is 10.5. The lowest BCUT2D eigenvalue weighted by molar-refractivity contribution is 0.208. The third-order valence-electron chi connectivity index (χ3n) is 1.50. The van der Waals surface area contributed by atoms with Gasteiger partial charge in [-0.05, 0) is 25.7 Å². The Balaban J connectivity index is 4.01. The van der Waals surface area contributed by atoms with Gasteiger partial charge in [-0.3, -0.25) is 5.43 Å². The molecule has 0 aromatic heterocycles. The zero-order valence-corrected chi connectivity index (χ0v) is 9.19. The number of carbonyl (C=O) groups is 1. The molecule has 4 nitrogen and oxygen atoms in total. The van der Waals surface area contributed by atoms with Gasteiger partial charge in [-0.1, -0.05) is 20.8 Å². The van der Waals surface area contributed by atoms with Crippen LogP contribution in [0.5, 0.6) is 0 Å². The number of carbonyl (C=O) groups excluding carboxylic acids is 1. The lowest BCUT2D eigenvalue weighted by Crippen LogP contribution is -2.53. The van der Waals surface area contributed by atoms with Crippen molar-refractivity contribution < 1.29 is 4.79 Å². The number of amides is 2. The van der Waals surface area contributed by atoms with Crippen LogP contribution in [-0.4, -0.2) is 11.6 Å². The molecule has 13 heavy (non-hydrogen) atoms. The highest BCUT2D eigenvalue weighted by molar-refractivity contribution is 5.70. The second-order valence-electron chi connectivity index (χ2n) is 5.24. The molecule has 0 bridgehead atoms. The minimum atomic E-state index is -0.554. The van der Waals surface area contributed by atoms with E-state index in [1.165, 1.54) is 0 Å². The van der Waals surface area contributed by atoms with Gasteiger partial charge < -0.3 is 5.73 Å². The van der Waals surface area contributed by atoms with Crippen LogP contribution in [0.25, 0.3) is 0 Å². The van der Waals surface area contributed by atoms with E-state index in [-0.39, 0.29) is 11.0 Å². The van der Waals surface area contributed by atoms with Crippen LogP contribution in [0.15, 0.2) is 0 Å². The highest BCUT2D eigenvalue weighted by atomic mass is 16.2. The summed E-state index contributed by atoms with van der Waals surface area (Å²) in [4.78, 5) is 10.5. The van der Waals surface area contributed by atoms with Gasteiger partial charge in [-0.2, -0.15) is 0 Å². The van der Waals surface area contributed by atoms with Crippen LogP contribution in [0.4, 0.5) is 4.79 Å². The molecule has 0 aliphatic carbocycles. The minimum Gasteiger partial charge on any atom is -0.351 e. The maximum Gasteiger partial charge on any atom is 0.326 e. The molecular formula is C9H21N3O. The number of hydrazine groups is 1. The molecule has 4 N–H and O–H groups in total. The largest absolute Gasteiger partial charge is 0.351 e. The Morgan fingerprint density at radius 3 is 2.00 bits per heavy atom. The molecule has 0 atom stereocenters. The Morgan fingerprint density at radius 1 is 1.23 bits per heavy atom. The van der Waals surface area contributed by atoms with Crippen molar-refractivity contribution in [2.75, 3.05) is 0 Å². The molecular weight excluding hydrogens is 166 g/mol. The summed E-state index contributed by atoms with van der Waals surface area (Å²) in [7, 11) is 0. The van der Waals surface area contributed by atoms with Crippen molar-refractivity contribution in [1.82, 2.24) is 10.9 Å². The van der Waals surface area contributed by atoms with Crippen molar-refractivity contribution >= 4 is 6.03 Å². The molecule has 0 saturated carbocycles. The number of hydrogen-bond acceptors (Lipinski definition) is 2. The van der Waals surface area contributed by atoms with Gasteiger partial charge >= 0.3 is 6.03 Å². The normalized spacial score (nSPS) is 12.7. The Labute approximate surface area is 80.2 Å². The van der Waals surface area contributed by atoms with Crippen molar-refractivity contribution in [1.29, 1.82) is 0 Å². The van der Waals surface area contributed by atoms with Crippen molar-refractivity contribution in [3.8, 4) is 0 Å². The fraction of sp³-hybridized carbons (Fsp3) is 0.889. The number of urea groups is 1. The third kappa shape index (κ3) is 7.59. The van der Waals surface area contributed by atoms with Gasteiger partial charge in [0, 0.05) is 5.54 Å². The Kier molecular flexibility index (Phi) is 3.72. The van der Waals surface area contributed by atoms with E-state index >= 15 is 0 Å². The topological polar surface area (TPSA) is 67.2 Å². The van der Waals surface area contributed by atoms with Crippen LogP contribution >= 0.6 is 0 Å². The Morgan fingerprint density at radius 2 is 1.69 bits per heavy atom. The molecule has 0 unspecified atom stereocenters. The fourth-order valence-electron chi connectivity index (χ4n) is 1.60. The van der Waals surface area contributed by atoms with E-state index in [1.54, 1.807) is 0 Å². The van der Waals surface area contributed by atoms with Crippen molar-refractivity contribution in [3.63, 3.8) is 0 Å². The molecule has 0 spiro atoms. The van der Waals surface area contributed by atoms with Gasteiger partial charge in [-0.25, -0.2) is 10.2 Å². The predicted molar refractivity (Wildman–Crippen MR) is 54.0 cm³/mol. The van der Waals surface area contributed by atoms with Gasteiger partial charge in [0.25, 0.3) is 0 Å². The van der Waals surface area contributed by atoms with Crippen LogP contribution < -0.4 is 16.6 Å². The van der Waals surface area contributed by atoms with Crippen molar-refractivity contribution in [2.24, 2.45) is 11.1 Å². The molecule has 2 amide bonds. The number of rotatable bonds is 3. The number of primary amides is 1. The maximum absolute atomic E-state index is 10.5. The van der Waals surface area contributed by atoms with E-state index in [1.807, 2.05) is 13.8 Å². The van der Waals surface area contributed by atoms with Gasteiger partial charge in [-0.15, -0.1) is 0 Å². The summed E-state index contributed by atoms with van der Waals surface area (Å²) in [5, 5.41) is 0. The number of nitrogens with two attached hydrogens (primary N) is 1. The van der Waals surface area contributed by atoms with Crippen LogP contribution in [0, 0.1) is 5.41 Å². The molecule has 0 aliphatic heterocycles. The number of nitrogens with one attached hydrogen (secondary N) is 2. The van der Waals surface area contributed by atoms with Crippen LogP contribution in [-0.2, 0) is 0 Å². The number of hydrogen-bond donors (Lipinski definition) is 3. The summed E-state index contributed by atoms with van der Waals surface area (Å²) < 4.78 is 0. The van der Waals surface area contributed by atoms with E-state index in [2.05, 4.69) is 31.6 Å². The lowest BCUT2D eigenvalue weighted by atomic mass is 9.82. The summed E-state index contributed by atoms with van der Waals surface area (Å²) in [5.74, 6) is 0. The third-order valence-corrected chi connectivity index (χ3v) is 1.50. The molecule has 0 heterocycles.